The van der Waals surface area contributed by atoms with Gasteiger partial charge in [-0.2, -0.15) is 5.10 Å². The summed E-state index contributed by atoms with van der Waals surface area (Å²) in [6.07, 6.45) is 1.66. The first-order valence-corrected chi connectivity index (χ1v) is 7.75. The molecule has 1 atom stereocenters. The number of hydrogen-bond donors (Lipinski definition) is 1. The highest BCUT2D eigenvalue weighted by Crippen LogP contribution is 2.22. The lowest BCUT2D eigenvalue weighted by molar-refractivity contribution is -0.137. The van der Waals surface area contributed by atoms with Gasteiger partial charge in [-0.25, -0.2) is 0 Å². The van der Waals surface area contributed by atoms with Crippen LogP contribution in [0.3, 0.4) is 0 Å². The molecule has 2 N–H and O–H groups in total. The van der Waals surface area contributed by atoms with Gasteiger partial charge in [0.15, 0.2) is 5.82 Å². The molecule has 1 amide bonds. The molecule has 1 fully saturated rings. The van der Waals surface area contributed by atoms with E-state index < -0.39 is 5.54 Å². The number of piperazine rings is 1. The van der Waals surface area contributed by atoms with Gasteiger partial charge < -0.3 is 15.5 Å². The second-order valence-corrected chi connectivity index (χ2v) is 5.93. The van der Waals surface area contributed by atoms with Gasteiger partial charge in [-0.15, -0.1) is 5.10 Å². The number of benzene rings is 1. The second-order valence-electron chi connectivity index (χ2n) is 5.93. The molecular formula is C17H21N5O. The Balaban J connectivity index is 1.67. The fourth-order valence-corrected chi connectivity index (χ4v) is 2.84. The molecule has 1 unspecified atom stereocenters. The fourth-order valence-electron chi connectivity index (χ4n) is 2.84. The third-order valence-corrected chi connectivity index (χ3v) is 4.27. The van der Waals surface area contributed by atoms with E-state index in [4.69, 9.17) is 5.73 Å². The van der Waals surface area contributed by atoms with Crippen molar-refractivity contribution in [2.24, 2.45) is 5.73 Å². The summed E-state index contributed by atoms with van der Waals surface area (Å²) in [7, 11) is 0. The number of anilines is 1. The van der Waals surface area contributed by atoms with Gasteiger partial charge in [0, 0.05) is 32.4 Å². The zero-order valence-electron chi connectivity index (χ0n) is 13.2. The van der Waals surface area contributed by atoms with Crippen molar-refractivity contribution >= 4 is 11.7 Å². The van der Waals surface area contributed by atoms with Crippen LogP contribution in [0.5, 0.6) is 0 Å². The highest BCUT2D eigenvalue weighted by molar-refractivity contribution is 5.87. The molecule has 0 spiro atoms. The minimum absolute atomic E-state index is 0.0394. The summed E-state index contributed by atoms with van der Waals surface area (Å²) in [5, 5.41) is 8.02. The Morgan fingerprint density at radius 3 is 2.39 bits per heavy atom. The number of amides is 1. The van der Waals surface area contributed by atoms with E-state index in [9.17, 15) is 4.79 Å². The summed E-state index contributed by atoms with van der Waals surface area (Å²) >= 11 is 0. The number of aromatic nitrogens is 2. The minimum Gasteiger partial charge on any atom is -0.352 e. The predicted molar refractivity (Wildman–Crippen MR) is 88.8 cm³/mol. The zero-order chi connectivity index (χ0) is 16.3. The molecule has 2 aromatic rings. The predicted octanol–water partition coefficient (Wildman–Crippen LogP) is 0.999. The van der Waals surface area contributed by atoms with Crippen molar-refractivity contribution in [2.45, 2.75) is 12.5 Å². The van der Waals surface area contributed by atoms with Gasteiger partial charge in [-0.05, 0) is 24.6 Å². The molecule has 0 saturated carbocycles. The van der Waals surface area contributed by atoms with E-state index in [2.05, 4.69) is 15.1 Å². The summed E-state index contributed by atoms with van der Waals surface area (Å²) in [5.41, 5.74) is 6.16. The quantitative estimate of drug-likeness (QED) is 0.915. The van der Waals surface area contributed by atoms with Gasteiger partial charge in [0.25, 0.3) is 0 Å². The molecule has 120 valence electrons. The van der Waals surface area contributed by atoms with Crippen molar-refractivity contribution < 1.29 is 4.79 Å². The van der Waals surface area contributed by atoms with E-state index in [0.29, 0.717) is 13.1 Å². The Morgan fingerprint density at radius 2 is 1.78 bits per heavy atom. The Labute approximate surface area is 135 Å². The number of hydrogen-bond acceptors (Lipinski definition) is 5. The lowest BCUT2D eigenvalue weighted by Crippen LogP contribution is -2.57. The lowest BCUT2D eigenvalue weighted by Gasteiger charge is -2.38. The summed E-state index contributed by atoms with van der Waals surface area (Å²) < 4.78 is 0. The number of carbonyl (C=O) groups excluding carboxylic acids is 1. The van der Waals surface area contributed by atoms with E-state index in [1.807, 2.05) is 47.4 Å². The number of nitrogens with zero attached hydrogens (tertiary/aromatic N) is 4. The van der Waals surface area contributed by atoms with Crippen LogP contribution in [0.4, 0.5) is 5.82 Å². The van der Waals surface area contributed by atoms with Gasteiger partial charge in [0.05, 0.1) is 0 Å². The molecule has 23 heavy (non-hydrogen) atoms. The molecule has 1 aromatic heterocycles. The maximum Gasteiger partial charge on any atom is 0.247 e. The Hall–Kier alpha value is -2.47. The largest absolute Gasteiger partial charge is 0.352 e. The molecule has 6 nitrogen and oxygen atoms in total. The molecule has 1 aliphatic heterocycles. The van der Waals surface area contributed by atoms with E-state index in [1.54, 1.807) is 13.1 Å². The normalized spacial score (nSPS) is 17.7. The summed E-state index contributed by atoms with van der Waals surface area (Å²) in [5.74, 6) is 0.806. The average molecular weight is 311 g/mol. The molecular weight excluding hydrogens is 290 g/mol. The number of carbonyl (C=O) groups is 1. The smallest absolute Gasteiger partial charge is 0.247 e. The van der Waals surface area contributed by atoms with Crippen molar-refractivity contribution in [3.63, 3.8) is 0 Å². The lowest BCUT2D eigenvalue weighted by atomic mass is 9.91. The maximum absolute atomic E-state index is 12.8. The molecule has 1 saturated heterocycles. The van der Waals surface area contributed by atoms with Crippen LogP contribution in [0, 0.1) is 0 Å². The first-order chi connectivity index (χ1) is 11.1. The van der Waals surface area contributed by atoms with E-state index >= 15 is 0 Å². The van der Waals surface area contributed by atoms with Crippen molar-refractivity contribution in [3.05, 3.63) is 54.2 Å². The third-order valence-electron chi connectivity index (χ3n) is 4.27. The standard InChI is InChI=1S/C17H21N5O/c1-17(18,14-6-3-2-4-7-14)16(23)22-12-10-21(11-13-22)15-8-5-9-19-20-15/h2-9H,10-13,18H2,1H3. The number of nitrogens with two attached hydrogens (primary N) is 1. The third kappa shape index (κ3) is 3.17. The molecule has 6 heteroatoms. The van der Waals surface area contributed by atoms with Gasteiger partial charge in [-0.3, -0.25) is 4.79 Å². The average Bonchev–Trinajstić information content (AvgIpc) is 2.63. The molecule has 2 heterocycles. The molecule has 0 aliphatic carbocycles. The van der Waals surface area contributed by atoms with Crippen molar-refractivity contribution in [1.29, 1.82) is 0 Å². The van der Waals surface area contributed by atoms with Gasteiger partial charge in [0.1, 0.15) is 5.54 Å². The minimum atomic E-state index is -1.00. The van der Waals surface area contributed by atoms with Crippen molar-refractivity contribution in [2.75, 3.05) is 31.1 Å². The topological polar surface area (TPSA) is 75.4 Å². The van der Waals surface area contributed by atoms with E-state index in [1.165, 1.54) is 0 Å². The molecule has 3 rings (SSSR count). The SMILES string of the molecule is CC(N)(C(=O)N1CCN(c2cccnn2)CC1)c1ccccc1. The fraction of sp³-hybridized carbons (Fsp3) is 0.353. The van der Waals surface area contributed by atoms with Crippen LogP contribution < -0.4 is 10.6 Å². The van der Waals surface area contributed by atoms with Crippen LogP contribution in [-0.4, -0.2) is 47.2 Å². The summed E-state index contributed by atoms with van der Waals surface area (Å²) in [6, 6.07) is 13.3. The highest BCUT2D eigenvalue weighted by Gasteiger charge is 2.35. The molecule has 0 bridgehead atoms. The van der Waals surface area contributed by atoms with Crippen LogP contribution >= 0.6 is 0 Å². The first kappa shape index (κ1) is 15.4. The van der Waals surface area contributed by atoms with E-state index in [-0.39, 0.29) is 5.91 Å². The monoisotopic (exact) mass is 311 g/mol. The Bertz CT molecular complexity index is 651. The maximum atomic E-state index is 12.8. The van der Waals surface area contributed by atoms with Gasteiger partial charge >= 0.3 is 0 Å². The highest BCUT2D eigenvalue weighted by atomic mass is 16.2. The van der Waals surface area contributed by atoms with Crippen LogP contribution in [0.15, 0.2) is 48.7 Å². The Kier molecular flexibility index (Phi) is 4.25. The Morgan fingerprint density at radius 1 is 1.09 bits per heavy atom. The zero-order valence-corrected chi connectivity index (χ0v) is 13.2. The second kappa shape index (κ2) is 6.34. The summed E-state index contributed by atoms with van der Waals surface area (Å²) in [4.78, 5) is 16.8. The van der Waals surface area contributed by atoms with Crippen LogP contribution in [-0.2, 0) is 10.3 Å². The summed E-state index contributed by atoms with van der Waals surface area (Å²) in [6.45, 7) is 4.51. The van der Waals surface area contributed by atoms with Crippen molar-refractivity contribution in [1.82, 2.24) is 15.1 Å². The van der Waals surface area contributed by atoms with Crippen LogP contribution in [0.1, 0.15) is 12.5 Å². The van der Waals surface area contributed by atoms with Crippen LogP contribution in [0.25, 0.3) is 0 Å². The van der Waals surface area contributed by atoms with Gasteiger partial charge in [0.2, 0.25) is 5.91 Å². The number of rotatable bonds is 3. The van der Waals surface area contributed by atoms with E-state index in [0.717, 1.165) is 24.5 Å². The van der Waals surface area contributed by atoms with Gasteiger partial charge in [-0.1, -0.05) is 30.3 Å². The van der Waals surface area contributed by atoms with Crippen molar-refractivity contribution in [3.8, 4) is 0 Å². The van der Waals surface area contributed by atoms with Crippen LogP contribution in [0.2, 0.25) is 0 Å². The molecule has 1 aliphatic rings. The molecule has 1 aromatic carbocycles. The molecule has 0 radical (unpaired) electrons. The first-order valence-electron chi connectivity index (χ1n) is 7.75.